The van der Waals surface area contributed by atoms with Crippen LogP contribution in [-0.4, -0.2) is 10.5 Å². The first kappa shape index (κ1) is 20.0. The van der Waals surface area contributed by atoms with Crippen molar-refractivity contribution < 1.29 is 4.79 Å². The molecule has 0 aliphatic heterocycles. The lowest BCUT2D eigenvalue weighted by atomic mass is 10.0. The van der Waals surface area contributed by atoms with Gasteiger partial charge >= 0.3 is 0 Å². The van der Waals surface area contributed by atoms with E-state index in [9.17, 15) is 9.59 Å². The SMILES string of the molecule is CCn1c(=O)cc(C2CC2)c2cc(NN(C(=O)C=C(C)C)c3ccccc3)ccc21. The zero-order valence-corrected chi connectivity index (χ0v) is 17.7. The number of nitrogens with zero attached hydrogens (tertiary/aromatic N) is 2. The number of hydrogen-bond acceptors (Lipinski definition) is 3. The van der Waals surface area contributed by atoms with Crippen LogP contribution in [0.2, 0.25) is 0 Å². The quantitative estimate of drug-likeness (QED) is 0.455. The smallest absolute Gasteiger partial charge is 0.269 e. The third-order valence-corrected chi connectivity index (χ3v) is 5.36. The Morgan fingerprint density at radius 3 is 2.50 bits per heavy atom. The van der Waals surface area contributed by atoms with Crippen LogP contribution >= 0.6 is 0 Å². The second kappa shape index (κ2) is 8.19. The zero-order chi connectivity index (χ0) is 21.3. The van der Waals surface area contributed by atoms with Crippen molar-refractivity contribution in [3.8, 4) is 0 Å². The van der Waals surface area contributed by atoms with Crippen LogP contribution < -0.4 is 16.0 Å². The molecule has 1 aliphatic carbocycles. The molecule has 0 atom stereocenters. The van der Waals surface area contributed by atoms with E-state index >= 15 is 0 Å². The van der Waals surface area contributed by atoms with E-state index in [2.05, 4.69) is 11.5 Å². The van der Waals surface area contributed by atoms with Crippen LogP contribution in [0.5, 0.6) is 0 Å². The van der Waals surface area contributed by atoms with E-state index in [1.54, 1.807) is 21.7 Å². The number of fused-ring (bicyclic) bond motifs is 1. The van der Waals surface area contributed by atoms with Gasteiger partial charge in [0, 0.05) is 24.1 Å². The van der Waals surface area contributed by atoms with Crippen LogP contribution in [-0.2, 0) is 11.3 Å². The maximum Gasteiger partial charge on any atom is 0.269 e. The predicted octanol–water partition coefficient (Wildman–Crippen LogP) is 5.23. The molecule has 5 nitrogen and oxygen atoms in total. The zero-order valence-electron chi connectivity index (χ0n) is 17.7. The number of hydrazine groups is 1. The number of benzene rings is 2. The average Bonchev–Trinajstić information content (AvgIpc) is 3.57. The monoisotopic (exact) mass is 401 g/mol. The predicted molar refractivity (Wildman–Crippen MR) is 123 cm³/mol. The number of carbonyl (C=O) groups excluding carboxylic acids is 1. The standard InChI is InChI=1S/C25H27N3O2/c1-4-27-23-13-12-19(15-22(23)21(16-24(27)29)18-10-11-18)26-28(25(30)14-17(2)3)20-8-6-5-7-9-20/h5-9,12-16,18,26H,4,10-11H2,1-3H3. The van der Waals surface area contributed by atoms with E-state index in [4.69, 9.17) is 0 Å². The maximum absolute atomic E-state index is 12.9. The molecule has 1 aromatic heterocycles. The van der Waals surface area contributed by atoms with E-state index in [-0.39, 0.29) is 11.5 Å². The second-order valence-electron chi connectivity index (χ2n) is 8.03. The van der Waals surface area contributed by atoms with Gasteiger partial charge in [0.15, 0.2) is 0 Å². The van der Waals surface area contributed by atoms with Gasteiger partial charge in [-0.25, -0.2) is 5.01 Å². The molecule has 1 N–H and O–H groups in total. The molecule has 4 rings (SSSR count). The third kappa shape index (κ3) is 4.01. The van der Waals surface area contributed by atoms with Gasteiger partial charge in [-0.2, -0.15) is 0 Å². The molecule has 5 heteroatoms. The van der Waals surface area contributed by atoms with Crippen molar-refractivity contribution in [2.45, 2.75) is 46.1 Å². The molecular weight excluding hydrogens is 374 g/mol. The molecule has 1 heterocycles. The molecule has 0 saturated heterocycles. The number of anilines is 2. The van der Waals surface area contributed by atoms with Crippen molar-refractivity contribution in [3.63, 3.8) is 0 Å². The molecule has 1 amide bonds. The number of aryl methyl sites for hydroxylation is 1. The molecule has 154 valence electrons. The van der Waals surface area contributed by atoms with Crippen molar-refractivity contribution in [1.29, 1.82) is 0 Å². The van der Waals surface area contributed by atoms with Gasteiger partial charge in [0.2, 0.25) is 0 Å². The summed E-state index contributed by atoms with van der Waals surface area (Å²) in [5, 5.41) is 2.63. The number of carbonyl (C=O) groups is 1. The first-order valence-electron chi connectivity index (χ1n) is 10.5. The molecule has 0 unspecified atom stereocenters. The van der Waals surface area contributed by atoms with Crippen LogP contribution in [0.1, 0.15) is 45.1 Å². The number of hydrogen-bond donors (Lipinski definition) is 1. The summed E-state index contributed by atoms with van der Waals surface area (Å²) in [7, 11) is 0. The molecule has 0 bridgehead atoms. The summed E-state index contributed by atoms with van der Waals surface area (Å²) >= 11 is 0. The van der Waals surface area contributed by atoms with Crippen LogP contribution in [0.3, 0.4) is 0 Å². The van der Waals surface area contributed by atoms with Crippen LogP contribution in [0.15, 0.2) is 71.0 Å². The Morgan fingerprint density at radius 2 is 1.87 bits per heavy atom. The number of para-hydroxylation sites is 1. The fourth-order valence-electron chi connectivity index (χ4n) is 3.80. The number of amides is 1. The minimum absolute atomic E-state index is 0.0530. The Kier molecular flexibility index (Phi) is 5.44. The van der Waals surface area contributed by atoms with Crippen molar-refractivity contribution in [3.05, 3.63) is 82.2 Å². The van der Waals surface area contributed by atoms with Gasteiger partial charge in [0.05, 0.1) is 16.9 Å². The van der Waals surface area contributed by atoms with Crippen LogP contribution in [0.25, 0.3) is 10.9 Å². The first-order valence-corrected chi connectivity index (χ1v) is 10.5. The van der Waals surface area contributed by atoms with Gasteiger partial charge in [-0.15, -0.1) is 0 Å². The Morgan fingerprint density at radius 1 is 1.13 bits per heavy atom. The van der Waals surface area contributed by atoms with Gasteiger partial charge in [-0.05, 0) is 75.4 Å². The van der Waals surface area contributed by atoms with Crippen LogP contribution in [0, 0.1) is 0 Å². The largest absolute Gasteiger partial charge is 0.309 e. The summed E-state index contributed by atoms with van der Waals surface area (Å²) in [5.41, 5.74) is 7.91. The number of pyridine rings is 1. The molecule has 1 aliphatic rings. The Balaban J connectivity index is 1.78. The fourth-order valence-corrected chi connectivity index (χ4v) is 3.80. The van der Waals surface area contributed by atoms with E-state index in [0.717, 1.165) is 46.3 Å². The highest BCUT2D eigenvalue weighted by atomic mass is 16.2. The van der Waals surface area contributed by atoms with Gasteiger partial charge in [-0.3, -0.25) is 15.0 Å². The molecule has 30 heavy (non-hydrogen) atoms. The molecule has 2 aromatic carbocycles. The molecule has 0 radical (unpaired) electrons. The van der Waals surface area contributed by atoms with E-state index < -0.39 is 0 Å². The van der Waals surface area contributed by atoms with Gasteiger partial charge < -0.3 is 4.57 Å². The summed E-state index contributed by atoms with van der Waals surface area (Å²) in [6.07, 6.45) is 3.86. The van der Waals surface area contributed by atoms with Gasteiger partial charge in [0.25, 0.3) is 11.5 Å². The summed E-state index contributed by atoms with van der Waals surface area (Å²) < 4.78 is 1.80. The number of aromatic nitrogens is 1. The Hall–Kier alpha value is -3.34. The van der Waals surface area contributed by atoms with Gasteiger partial charge in [0.1, 0.15) is 0 Å². The topological polar surface area (TPSA) is 54.3 Å². The van der Waals surface area contributed by atoms with Crippen LogP contribution in [0.4, 0.5) is 11.4 Å². The van der Waals surface area contributed by atoms with Gasteiger partial charge in [-0.1, -0.05) is 23.8 Å². The van der Waals surface area contributed by atoms with E-state index in [1.165, 1.54) is 0 Å². The lowest BCUT2D eigenvalue weighted by molar-refractivity contribution is -0.113. The first-order chi connectivity index (χ1) is 14.5. The summed E-state index contributed by atoms with van der Waals surface area (Å²) in [5.74, 6) is 0.321. The van der Waals surface area contributed by atoms with Crippen molar-refractivity contribution >= 4 is 28.2 Å². The van der Waals surface area contributed by atoms with Crippen molar-refractivity contribution in [2.24, 2.45) is 0 Å². The minimum atomic E-state index is -0.137. The highest BCUT2D eigenvalue weighted by Crippen LogP contribution is 2.43. The Bertz CT molecular complexity index is 1170. The summed E-state index contributed by atoms with van der Waals surface area (Å²) in [6, 6.07) is 17.3. The molecular formula is C25H27N3O2. The molecule has 0 spiro atoms. The molecule has 1 saturated carbocycles. The second-order valence-corrected chi connectivity index (χ2v) is 8.03. The van der Waals surface area contributed by atoms with Crippen molar-refractivity contribution in [2.75, 3.05) is 10.4 Å². The van der Waals surface area contributed by atoms with E-state index in [1.807, 2.05) is 63.2 Å². The number of nitrogens with one attached hydrogen (secondary N) is 1. The lowest BCUT2D eigenvalue weighted by Crippen LogP contribution is -2.35. The number of rotatable bonds is 6. The third-order valence-electron chi connectivity index (χ3n) is 5.36. The summed E-state index contributed by atoms with van der Waals surface area (Å²) in [6.45, 7) is 6.42. The normalized spacial score (nSPS) is 13.2. The molecule has 3 aromatic rings. The highest BCUT2D eigenvalue weighted by molar-refractivity contribution is 6.03. The molecule has 1 fully saturated rings. The fraction of sp³-hybridized carbons (Fsp3) is 0.280. The average molecular weight is 402 g/mol. The minimum Gasteiger partial charge on any atom is -0.309 e. The number of allylic oxidation sites excluding steroid dienone is 1. The van der Waals surface area contributed by atoms with Crippen molar-refractivity contribution in [1.82, 2.24) is 4.57 Å². The maximum atomic E-state index is 12.9. The van der Waals surface area contributed by atoms with E-state index in [0.29, 0.717) is 12.5 Å². The lowest BCUT2D eigenvalue weighted by Gasteiger charge is -2.24. The highest BCUT2D eigenvalue weighted by Gasteiger charge is 2.27. The Labute approximate surface area is 176 Å². The summed E-state index contributed by atoms with van der Waals surface area (Å²) in [4.78, 5) is 25.4.